The summed E-state index contributed by atoms with van der Waals surface area (Å²) >= 11 is 0. The molecule has 0 fully saturated rings. The first kappa shape index (κ1) is 31.4. The highest BCUT2D eigenvalue weighted by Gasteiger charge is 2.05. The van der Waals surface area contributed by atoms with Crippen molar-refractivity contribution in [1.82, 2.24) is 10.9 Å². The fourth-order valence-corrected chi connectivity index (χ4v) is 2.19. The molecule has 0 heterocycles. The Labute approximate surface area is 196 Å². The summed E-state index contributed by atoms with van der Waals surface area (Å²) < 4.78 is 0. The van der Waals surface area contributed by atoms with Gasteiger partial charge in [-0.25, -0.2) is 10.9 Å². The van der Waals surface area contributed by atoms with Crippen molar-refractivity contribution in [2.24, 2.45) is 10.2 Å². The highest BCUT2D eigenvalue weighted by Crippen LogP contribution is 2.16. The molecule has 0 unspecified atom stereocenters. The van der Waals surface area contributed by atoms with Gasteiger partial charge in [-0.3, -0.25) is 9.59 Å². The van der Waals surface area contributed by atoms with Crippen LogP contribution in [0.2, 0.25) is 0 Å². The van der Waals surface area contributed by atoms with Crippen LogP contribution in [0.5, 0.6) is 11.5 Å². The van der Waals surface area contributed by atoms with Crippen LogP contribution in [-0.4, -0.2) is 44.4 Å². The van der Waals surface area contributed by atoms with Crippen LogP contribution in [0.25, 0.3) is 0 Å². The third-order valence-corrected chi connectivity index (χ3v) is 3.76. The molecule has 0 spiro atoms. The normalized spacial score (nSPS) is 10.0. The predicted molar refractivity (Wildman–Crippen MR) is 125 cm³/mol. The number of hydrazone groups is 2. The van der Waals surface area contributed by atoms with E-state index >= 15 is 0 Å². The minimum absolute atomic E-state index is 0. The Morgan fingerprint density at radius 1 is 0.765 bits per heavy atom. The van der Waals surface area contributed by atoms with Gasteiger partial charge in [-0.15, -0.1) is 0 Å². The zero-order valence-corrected chi connectivity index (χ0v) is 18.5. The zero-order valence-electron chi connectivity index (χ0n) is 18.5. The number of nitrogens with zero attached hydrogens (tertiary/aromatic N) is 4. The van der Waals surface area contributed by atoms with E-state index in [2.05, 4.69) is 21.1 Å². The second-order valence-electron chi connectivity index (χ2n) is 6.17. The first-order valence-corrected chi connectivity index (χ1v) is 9.27. The van der Waals surface area contributed by atoms with Gasteiger partial charge < -0.3 is 21.2 Å². The summed E-state index contributed by atoms with van der Waals surface area (Å²) in [6.07, 6.45) is -0.477. The Bertz CT molecular complexity index is 1010. The Kier molecular flexibility index (Phi) is 15.6. The lowest BCUT2D eigenvalue weighted by molar-refractivity contribution is -0.120. The summed E-state index contributed by atoms with van der Waals surface area (Å²) in [5.41, 5.74) is 6.48. The van der Waals surface area contributed by atoms with E-state index in [9.17, 15) is 19.8 Å². The number of hydrogen-bond acceptors (Lipinski definition) is 8. The van der Waals surface area contributed by atoms with E-state index in [1.54, 1.807) is 62.4 Å². The van der Waals surface area contributed by atoms with Crippen LogP contribution in [-0.2, 0) is 9.59 Å². The molecule has 2 amide bonds. The number of para-hydroxylation sites is 2. The van der Waals surface area contributed by atoms with Crippen molar-refractivity contribution in [2.45, 2.75) is 26.7 Å². The molecule has 2 aromatic rings. The van der Waals surface area contributed by atoms with Crippen LogP contribution in [0.15, 0.2) is 58.7 Å². The van der Waals surface area contributed by atoms with Crippen molar-refractivity contribution in [1.29, 1.82) is 10.5 Å². The minimum atomic E-state index is -0.475. The fourth-order valence-electron chi connectivity index (χ4n) is 2.19. The van der Waals surface area contributed by atoms with Gasteiger partial charge in [0.25, 0.3) is 11.8 Å². The van der Waals surface area contributed by atoms with Gasteiger partial charge in [0.2, 0.25) is 0 Å². The molecule has 0 aliphatic rings. The average molecular weight is 470 g/mol. The lowest BCUT2D eigenvalue weighted by Crippen LogP contribution is -2.18. The van der Waals surface area contributed by atoms with E-state index < -0.39 is 11.8 Å². The van der Waals surface area contributed by atoms with Crippen LogP contribution in [0.4, 0.5) is 0 Å². The van der Waals surface area contributed by atoms with E-state index in [1.165, 1.54) is 12.1 Å². The molecule has 180 valence electrons. The number of nitrogens with one attached hydrogen (secondary N) is 2. The summed E-state index contributed by atoms with van der Waals surface area (Å²) in [6, 6.07) is 16.8. The molecule has 0 saturated carbocycles. The molecule has 2 rings (SSSR count). The quantitative estimate of drug-likeness (QED) is 0.349. The standard InChI is InChI=1S/2C11H11N3O2.2H2O/c2*1-8(13-14-11(16)6-7-12)9-4-2-3-5-10(9)15;;/h2*2-5,15H,6H2,1H3,(H,14,16);2*1H2/b2*13-8+;;. The van der Waals surface area contributed by atoms with Crippen molar-refractivity contribution in [3.05, 3.63) is 59.7 Å². The lowest BCUT2D eigenvalue weighted by Gasteiger charge is -2.03. The number of benzene rings is 2. The van der Waals surface area contributed by atoms with E-state index in [0.29, 0.717) is 22.6 Å². The summed E-state index contributed by atoms with van der Waals surface area (Å²) in [7, 11) is 0. The zero-order chi connectivity index (χ0) is 23.9. The molecule has 0 bridgehead atoms. The van der Waals surface area contributed by atoms with Crippen molar-refractivity contribution in [3.63, 3.8) is 0 Å². The van der Waals surface area contributed by atoms with Crippen molar-refractivity contribution >= 4 is 23.2 Å². The molecule has 0 atom stereocenters. The number of aromatic hydroxyl groups is 2. The van der Waals surface area contributed by atoms with Gasteiger partial charge in [-0.05, 0) is 38.1 Å². The Balaban J connectivity index is 0. The summed E-state index contributed by atoms with van der Waals surface area (Å²) in [6.45, 7) is 3.31. The van der Waals surface area contributed by atoms with E-state index in [-0.39, 0.29) is 35.3 Å². The molecule has 12 nitrogen and oxygen atoms in total. The third kappa shape index (κ3) is 11.0. The molecule has 0 aliphatic carbocycles. The minimum Gasteiger partial charge on any atom is -0.507 e. The molecule has 0 radical (unpaired) electrons. The molecular formula is C22H26N6O6. The van der Waals surface area contributed by atoms with Crippen molar-refractivity contribution < 1.29 is 30.8 Å². The second kappa shape index (κ2) is 16.9. The first-order chi connectivity index (χ1) is 15.3. The van der Waals surface area contributed by atoms with E-state index in [1.807, 2.05) is 0 Å². The van der Waals surface area contributed by atoms with Gasteiger partial charge in [0.15, 0.2) is 0 Å². The first-order valence-electron chi connectivity index (χ1n) is 9.27. The smallest absolute Gasteiger partial charge is 0.254 e. The molecule has 8 N–H and O–H groups in total. The number of hydrogen-bond donors (Lipinski definition) is 4. The van der Waals surface area contributed by atoms with Crippen LogP contribution in [0.3, 0.4) is 0 Å². The molecule has 0 saturated heterocycles. The Morgan fingerprint density at radius 2 is 1.09 bits per heavy atom. The van der Waals surface area contributed by atoms with Crippen molar-refractivity contribution in [3.8, 4) is 23.6 Å². The van der Waals surface area contributed by atoms with E-state index in [0.717, 1.165) is 0 Å². The monoisotopic (exact) mass is 470 g/mol. The number of nitriles is 2. The van der Waals surface area contributed by atoms with E-state index in [4.69, 9.17) is 10.5 Å². The Hall–Kier alpha value is -4.78. The molecule has 34 heavy (non-hydrogen) atoms. The number of rotatable bonds is 6. The summed E-state index contributed by atoms with van der Waals surface area (Å²) in [5.74, 6) is -0.758. The maximum atomic E-state index is 11.0. The van der Waals surface area contributed by atoms with Crippen molar-refractivity contribution in [2.75, 3.05) is 0 Å². The number of carbonyl (C=O) groups excluding carboxylic acids is 2. The lowest BCUT2D eigenvalue weighted by atomic mass is 10.1. The van der Waals surface area contributed by atoms with Crippen LogP contribution in [0, 0.1) is 22.7 Å². The second-order valence-corrected chi connectivity index (χ2v) is 6.17. The highest BCUT2D eigenvalue weighted by molar-refractivity contribution is 6.02. The molecule has 12 heteroatoms. The van der Waals surface area contributed by atoms with Gasteiger partial charge in [0.1, 0.15) is 24.3 Å². The summed E-state index contributed by atoms with van der Waals surface area (Å²) in [4.78, 5) is 21.9. The number of amides is 2. The van der Waals surface area contributed by atoms with Crippen LogP contribution >= 0.6 is 0 Å². The largest absolute Gasteiger partial charge is 0.507 e. The maximum absolute atomic E-state index is 11.0. The fraction of sp³-hybridized carbons (Fsp3) is 0.182. The topological polar surface area (TPSA) is 234 Å². The SMILES string of the molecule is C/C(=N\NC(=O)CC#N)c1ccccc1O.C/C(=N\NC(=O)CC#N)c1ccccc1O.O.O. The molecule has 0 aliphatic heterocycles. The number of phenolic OH excluding ortho intramolecular Hbond substituents is 2. The number of phenols is 2. The van der Waals surface area contributed by atoms with Gasteiger partial charge >= 0.3 is 0 Å². The Morgan fingerprint density at radius 3 is 1.38 bits per heavy atom. The van der Waals surface area contributed by atoms with Gasteiger partial charge in [0, 0.05) is 11.1 Å². The van der Waals surface area contributed by atoms with Gasteiger partial charge in [-0.2, -0.15) is 20.7 Å². The number of carbonyl (C=O) groups is 2. The third-order valence-electron chi connectivity index (χ3n) is 3.76. The van der Waals surface area contributed by atoms with Crippen LogP contribution in [0.1, 0.15) is 37.8 Å². The average Bonchev–Trinajstić information content (AvgIpc) is 2.77. The van der Waals surface area contributed by atoms with Crippen LogP contribution < -0.4 is 10.9 Å². The predicted octanol–water partition coefficient (Wildman–Crippen LogP) is 0.643. The van der Waals surface area contributed by atoms with Gasteiger partial charge in [-0.1, -0.05) is 24.3 Å². The maximum Gasteiger partial charge on any atom is 0.254 e. The van der Waals surface area contributed by atoms with Gasteiger partial charge in [0.05, 0.1) is 23.6 Å². The summed E-state index contributed by atoms with van der Waals surface area (Å²) in [5, 5.41) is 43.1. The molecule has 2 aromatic carbocycles. The highest BCUT2D eigenvalue weighted by atomic mass is 16.3. The molecule has 0 aromatic heterocycles. The molecular weight excluding hydrogens is 444 g/mol.